The van der Waals surface area contributed by atoms with Crippen LogP contribution in [0.25, 0.3) is 16.6 Å². The van der Waals surface area contributed by atoms with E-state index in [9.17, 15) is 4.79 Å². The fourth-order valence-electron chi connectivity index (χ4n) is 3.36. The van der Waals surface area contributed by atoms with Gasteiger partial charge in [0.15, 0.2) is 0 Å². The quantitative estimate of drug-likeness (QED) is 0.663. The maximum Gasteiger partial charge on any atom is 0.251 e. The van der Waals surface area contributed by atoms with Gasteiger partial charge in [0.25, 0.3) is 5.56 Å². The molecule has 1 fully saturated rings. The van der Waals surface area contributed by atoms with Crippen LogP contribution in [0.3, 0.4) is 0 Å². The van der Waals surface area contributed by atoms with Crippen LogP contribution in [-0.2, 0) is 0 Å². The van der Waals surface area contributed by atoms with Crippen molar-refractivity contribution in [3.05, 3.63) is 44.3 Å². The number of H-pyrrole nitrogens is 1. The van der Waals surface area contributed by atoms with E-state index in [-0.39, 0.29) is 18.0 Å². The van der Waals surface area contributed by atoms with E-state index in [1.54, 1.807) is 6.07 Å². The first kappa shape index (κ1) is 16.5. The Kier molecular flexibility index (Phi) is 4.49. The van der Waals surface area contributed by atoms with Crippen LogP contribution >= 0.6 is 28.3 Å². The number of nitrogens with one attached hydrogen (secondary N) is 2. The van der Waals surface area contributed by atoms with Crippen LogP contribution in [0.5, 0.6) is 0 Å². The largest absolute Gasteiger partial charge is 0.317 e. The molecule has 1 aromatic carbocycles. The SMILES string of the molecule is Cc1cc(Br)c2c(c1)nn1c(C3CCNCC3)cc(=O)[nH]c21.Cl. The first-order chi connectivity index (χ1) is 10.6. The average molecular weight is 398 g/mol. The highest BCUT2D eigenvalue weighted by molar-refractivity contribution is 9.10. The molecule has 3 aromatic rings. The van der Waals surface area contributed by atoms with Gasteiger partial charge in [-0.3, -0.25) is 4.79 Å². The highest BCUT2D eigenvalue weighted by atomic mass is 79.9. The Balaban J connectivity index is 0.00000156. The zero-order valence-corrected chi connectivity index (χ0v) is 15.1. The van der Waals surface area contributed by atoms with Crippen molar-refractivity contribution >= 4 is 44.9 Å². The van der Waals surface area contributed by atoms with Gasteiger partial charge < -0.3 is 10.3 Å². The Morgan fingerprint density at radius 3 is 2.74 bits per heavy atom. The van der Waals surface area contributed by atoms with Gasteiger partial charge in [0, 0.05) is 16.5 Å². The molecule has 0 bridgehead atoms. The minimum atomic E-state index is -0.0599. The van der Waals surface area contributed by atoms with Crippen molar-refractivity contribution in [2.75, 3.05) is 13.1 Å². The van der Waals surface area contributed by atoms with Crippen molar-refractivity contribution in [2.24, 2.45) is 0 Å². The molecule has 2 aromatic heterocycles. The van der Waals surface area contributed by atoms with Crippen molar-refractivity contribution in [1.29, 1.82) is 0 Å². The Labute approximate surface area is 148 Å². The second kappa shape index (κ2) is 6.26. The maximum atomic E-state index is 12.1. The van der Waals surface area contributed by atoms with Gasteiger partial charge in [-0.25, -0.2) is 4.52 Å². The van der Waals surface area contributed by atoms with E-state index in [1.165, 1.54) is 0 Å². The number of hydrogen-bond acceptors (Lipinski definition) is 3. The van der Waals surface area contributed by atoms with E-state index in [2.05, 4.69) is 38.4 Å². The summed E-state index contributed by atoms with van der Waals surface area (Å²) in [5.74, 6) is 0.375. The van der Waals surface area contributed by atoms with E-state index in [4.69, 9.17) is 5.10 Å². The van der Waals surface area contributed by atoms with Crippen LogP contribution in [0.1, 0.15) is 30.0 Å². The number of rotatable bonds is 1. The van der Waals surface area contributed by atoms with Crippen LogP contribution in [0, 0.1) is 6.92 Å². The summed E-state index contributed by atoms with van der Waals surface area (Å²) in [4.78, 5) is 15.1. The molecule has 0 atom stereocenters. The molecule has 0 spiro atoms. The molecule has 0 amide bonds. The number of aromatic amines is 1. The van der Waals surface area contributed by atoms with Crippen LogP contribution in [0.15, 0.2) is 27.5 Å². The van der Waals surface area contributed by atoms with Crippen LogP contribution < -0.4 is 10.9 Å². The third kappa shape index (κ3) is 2.79. The molecule has 7 heteroatoms. The Hall–Kier alpha value is -1.37. The summed E-state index contributed by atoms with van der Waals surface area (Å²) in [6.07, 6.45) is 2.07. The summed E-state index contributed by atoms with van der Waals surface area (Å²) in [7, 11) is 0. The Morgan fingerprint density at radius 1 is 1.26 bits per heavy atom. The highest BCUT2D eigenvalue weighted by Crippen LogP contribution is 2.31. The predicted molar refractivity (Wildman–Crippen MR) is 97.8 cm³/mol. The van der Waals surface area contributed by atoms with E-state index < -0.39 is 0 Å². The Bertz CT molecular complexity index is 927. The lowest BCUT2D eigenvalue weighted by molar-refractivity contribution is 0.446. The highest BCUT2D eigenvalue weighted by Gasteiger charge is 2.21. The van der Waals surface area contributed by atoms with Crippen LogP contribution in [0.4, 0.5) is 0 Å². The lowest BCUT2D eigenvalue weighted by atomic mass is 9.94. The lowest BCUT2D eigenvalue weighted by Gasteiger charge is -2.23. The fraction of sp³-hybridized carbons (Fsp3) is 0.375. The molecular weight excluding hydrogens is 380 g/mol. The third-order valence-electron chi connectivity index (χ3n) is 4.39. The number of hydrogen-bond donors (Lipinski definition) is 2. The molecule has 1 aliphatic rings. The summed E-state index contributed by atoms with van der Waals surface area (Å²) < 4.78 is 2.89. The topological polar surface area (TPSA) is 62.2 Å². The van der Waals surface area contributed by atoms with Crippen molar-refractivity contribution in [1.82, 2.24) is 19.9 Å². The molecule has 0 saturated carbocycles. The minimum Gasteiger partial charge on any atom is -0.317 e. The number of piperidine rings is 1. The maximum absolute atomic E-state index is 12.1. The average Bonchev–Trinajstić information content (AvgIpc) is 2.85. The smallest absolute Gasteiger partial charge is 0.251 e. The molecule has 5 nitrogen and oxygen atoms in total. The summed E-state index contributed by atoms with van der Waals surface area (Å²) in [6.45, 7) is 4.02. The van der Waals surface area contributed by atoms with Crippen molar-refractivity contribution < 1.29 is 0 Å². The normalized spacial score (nSPS) is 15.9. The summed E-state index contributed by atoms with van der Waals surface area (Å²) in [5.41, 5.74) is 3.79. The minimum absolute atomic E-state index is 0. The molecule has 4 rings (SSSR count). The fourth-order valence-corrected chi connectivity index (χ4v) is 4.11. The zero-order chi connectivity index (χ0) is 15.3. The van der Waals surface area contributed by atoms with Gasteiger partial charge in [0.2, 0.25) is 0 Å². The number of aryl methyl sites for hydroxylation is 1. The molecular formula is C16H18BrClN4O. The number of fused-ring (bicyclic) bond motifs is 3. The lowest BCUT2D eigenvalue weighted by Crippen LogP contribution is -2.28. The second-order valence-electron chi connectivity index (χ2n) is 5.98. The molecule has 2 N–H and O–H groups in total. The van der Waals surface area contributed by atoms with Gasteiger partial charge in [0.05, 0.1) is 16.6 Å². The van der Waals surface area contributed by atoms with Gasteiger partial charge >= 0.3 is 0 Å². The van der Waals surface area contributed by atoms with Gasteiger partial charge in [-0.2, -0.15) is 5.10 Å². The second-order valence-corrected chi connectivity index (χ2v) is 6.84. The van der Waals surface area contributed by atoms with E-state index in [0.717, 1.165) is 58.2 Å². The van der Waals surface area contributed by atoms with Gasteiger partial charge in [-0.1, -0.05) is 0 Å². The number of halogens is 2. The van der Waals surface area contributed by atoms with Gasteiger partial charge in [-0.15, -0.1) is 12.4 Å². The molecule has 0 aliphatic carbocycles. The monoisotopic (exact) mass is 396 g/mol. The van der Waals surface area contributed by atoms with Gasteiger partial charge in [-0.05, 0) is 66.5 Å². The molecule has 1 aliphatic heterocycles. The molecule has 23 heavy (non-hydrogen) atoms. The molecule has 3 heterocycles. The van der Waals surface area contributed by atoms with Crippen LogP contribution in [0.2, 0.25) is 0 Å². The molecule has 1 saturated heterocycles. The standard InChI is InChI=1S/C16H17BrN4O.ClH/c1-9-6-11(17)15-12(7-9)20-21-13(8-14(22)19-16(15)21)10-2-4-18-5-3-10;/h6-8,10,18H,2-5H2,1H3,(H,19,22);1H. The number of aromatic nitrogens is 3. The number of nitrogens with zero attached hydrogens (tertiary/aromatic N) is 2. The third-order valence-corrected chi connectivity index (χ3v) is 5.02. The predicted octanol–water partition coefficient (Wildman–Crippen LogP) is 3.14. The first-order valence-corrected chi connectivity index (χ1v) is 8.35. The molecule has 122 valence electrons. The van der Waals surface area contributed by atoms with E-state index >= 15 is 0 Å². The zero-order valence-electron chi connectivity index (χ0n) is 12.7. The van der Waals surface area contributed by atoms with Crippen molar-refractivity contribution in [3.63, 3.8) is 0 Å². The van der Waals surface area contributed by atoms with Gasteiger partial charge in [0.1, 0.15) is 5.65 Å². The van der Waals surface area contributed by atoms with E-state index in [1.807, 2.05) is 11.4 Å². The first-order valence-electron chi connectivity index (χ1n) is 7.56. The van der Waals surface area contributed by atoms with Crippen molar-refractivity contribution in [2.45, 2.75) is 25.7 Å². The van der Waals surface area contributed by atoms with Crippen LogP contribution in [-0.4, -0.2) is 27.7 Å². The molecule has 0 radical (unpaired) electrons. The Morgan fingerprint density at radius 2 is 2.00 bits per heavy atom. The van der Waals surface area contributed by atoms with Crippen molar-refractivity contribution in [3.8, 4) is 0 Å². The molecule has 0 unspecified atom stereocenters. The number of benzene rings is 1. The summed E-state index contributed by atoms with van der Waals surface area (Å²) in [5, 5.41) is 9.09. The van der Waals surface area contributed by atoms with E-state index in [0.29, 0.717) is 5.92 Å². The summed E-state index contributed by atoms with van der Waals surface area (Å²) >= 11 is 3.61. The summed E-state index contributed by atoms with van der Waals surface area (Å²) in [6, 6.07) is 5.81.